The number of nitrogens with zero attached hydrogens (tertiary/aromatic N) is 2. The fourth-order valence-electron chi connectivity index (χ4n) is 4.78. The van der Waals surface area contributed by atoms with Gasteiger partial charge in [-0.1, -0.05) is 12.1 Å². The lowest BCUT2D eigenvalue weighted by Crippen LogP contribution is -2.54. The molecule has 4 N–H and O–H groups in total. The Hall–Kier alpha value is -5.53. The molecular weight excluding hydrogens is 631 g/mol. The number of carbonyl (C=O) groups is 3. The number of rotatable bonds is 12. The standard InChI is InChI=1S/C34H36F3N5O6/c1-6-46-29-18-24(10-13-28(29)47-20(2)3)33(48-32(45)34(35,36)37,41-25-11-12-27-23(17-25)14-15-39-30(27)38)31(44)40-19-22-8-7-9-26(16-22)42(5)21(4)43/h7-18,20,41H,6,19H2,1-5H3,(H2,38,39)(H,40,44). The molecule has 0 aliphatic rings. The van der Waals surface area contributed by atoms with Crippen LogP contribution in [0.3, 0.4) is 0 Å². The van der Waals surface area contributed by atoms with E-state index in [9.17, 15) is 27.6 Å². The maximum Gasteiger partial charge on any atom is 0.491 e. The highest BCUT2D eigenvalue weighted by Crippen LogP contribution is 2.38. The molecule has 0 aliphatic heterocycles. The second-order valence-electron chi connectivity index (χ2n) is 11.0. The Balaban J connectivity index is 1.88. The van der Waals surface area contributed by atoms with Gasteiger partial charge in [0, 0.05) is 49.0 Å². The van der Waals surface area contributed by atoms with Crippen LogP contribution in [0.1, 0.15) is 38.8 Å². The summed E-state index contributed by atoms with van der Waals surface area (Å²) in [6.07, 6.45) is -4.31. The summed E-state index contributed by atoms with van der Waals surface area (Å²) in [6, 6.07) is 16.8. The zero-order chi connectivity index (χ0) is 35.2. The number of hydrogen-bond acceptors (Lipinski definition) is 9. The number of nitrogens with two attached hydrogens (primary N) is 1. The van der Waals surface area contributed by atoms with Gasteiger partial charge in [0.05, 0.1) is 12.7 Å². The van der Waals surface area contributed by atoms with Crippen LogP contribution in [0.25, 0.3) is 10.8 Å². The monoisotopic (exact) mass is 667 g/mol. The smallest absolute Gasteiger partial charge is 0.490 e. The number of pyridine rings is 1. The molecule has 1 unspecified atom stereocenters. The van der Waals surface area contributed by atoms with Crippen molar-refractivity contribution < 1.29 is 41.8 Å². The molecule has 4 rings (SSSR count). The number of amides is 2. The second-order valence-corrected chi connectivity index (χ2v) is 11.0. The van der Waals surface area contributed by atoms with Gasteiger partial charge < -0.3 is 35.5 Å². The molecule has 0 spiro atoms. The minimum atomic E-state index is -5.47. The fourth-order valence-corrected chi connectivity index (χ4v) is 4.78. The average Bonchev–Trinajstić information content (AvgIpc) is 3.03. The molecule has 14 heteroatoms. The Morgan fingerprint density at radius 3 is 2.42 bits per heavy atom. The first-order valence-electron chi connectivity index (χ1n) is 14.9. The number of ether oxygens (including phenoxy) is 3. The van der Waals surface area contributed by atoms with Gasteiger partial charge in [-0.05, 0) is 86.3 Å². The van der Waals surface area contributed by atoms with E-state index in [0.29, 0.717) is 22.0 Å². The predicted octanol–water partition coefficient (Wildman–Crippen LogP) is 5.67. The van der Waals surface area contributed by atoms with Crippen LogP contribution in [0, 0.1) is 0 Å². The van der Waals surface area contributed by atoms with E-state index in [0.717, 1.165) is 0 Å². The van der Waals surface area contributed by atoms with Crippen LogP contribution in [-0.2, 0) is 31.4 Å². The summed E-state index contributed by atoms with van der Waals surface area (Å²) in [5.41, 5.74) is 4.13. The number of carbonyl (C=O) groups excluding carboxylic acids is 3. The van der Waals surface area contributed by atoms with E-state index in [2.05, 4.69) is 15.6 Å². The summed E-state index contributed by atoms with van der Waals surface area (Å²) in [4.78, 5) is 44.2. The van der Waals surface area contributed by atoms with Crippen molar-refractivity contribution in [2.45, 2.75) is 52.2 Å². The first-order chi connectivity index (χ1) is 22.6. The van der Waals surface area contributed by atoms with Gasteiger partial charge >= 0.3 is 12.1 Å². The summed E-state index contributed by atoms with van der Waals surface area (Å²) in [5.74, 6) is -3.42. The molecule has 2 amide bonds. The molecule has 4 aromatic rings. The second kappa shape index (κ2) is 14.5. The highest BCUT2D eigenvalue weighted by Gasteiger charge is 2.52. The third-order valence-electron chi connectivity index (χ3n) is 7.15. The number of alkyl halides is 3. The maximum atomic E-state index is 14.3. The number of esters is 1. The largest absolute Gasteiger partial charge is 0.491 e. The van der Waals surface area contributed by atoms with Gasteiger partial charge in [-0.3, -0.25) is 9.59 Å². The molecule has 1 atom stereocenters. The lowest BCUT2D eigenvalue weighted by atomic mass is 9.99. The normalized spacial score (nSPS) is 12.6. The quantitative estimate of drug-likeness (QED) is 0.129. The van der Waals surface area contributed by atoms with Crippen molar-refractivity contribution in [1.29, 1.82) is 0 Å². The van der Waals surface area contributed by atoms with Crippen molar-refractivity contribution in [2.75, 3.05) is 29.6 Å². The molecule has 1 heterocycles. The van der Waals surface area contributed by atoms with E-state index >= 15 is 0 Å². The van der Waals surface area contributed by atoms with Crippen molar-refractivity contribution in [3.63, 3.8) is 0 Å². The topological polar surface area (TPSA) is 145 Å². The number of anilines is 3. The summed E-state index contributed by atoms with van der Waals surface area (Å²) in [6.45, 7) is 6.57. The molecule has 0 bridgehead atoms. The minimum Gasteiger partial charge on any atom is -0.490 e. The SMILES string of the molecule is CCOc1cc(C(Nc2ccc3c(N)nccc3c2)(OC(=O)C(F)(F)F)C(=O)NCc2cccc(N(C)C(C)=O)c2)ccc1OC(C)C. The molecule has 254 valence electrons. The van der Waals surface area contributed by atoms with E-state index in [-0.39, 0.29) is 53.7 Å². The van der Waals surface area contributed by atoms with Crippen molar-refractivity contribution in [3.05, 3.63) is 84.1 Å². The van der Waals surface area contributed by atoms with Gasteiger partial charge in [-0.15, -0.1) is 0 Å². The number of halogens is 3. The van der Waals surface area contributed by atoms with Gasteiger partial charge in [0.15, 0.2) is 11.5 Å². The lowest BCUT2D eigenvalue weighted by Gasteiger charge is -2.35. The zero-order valence-electron chi connectivity index (χ0n) is 27.0. The first kappa shape index (κ1) is 35.3. The molecule has 0 fully saturated rings. The molecule has 0 saturated carbocycles. The van der Waals surface area contributed by atoms with Crippen LogP contribution >= 0.6 is 0 Å². The van der Waals surface area contributed by atoms with Gasteiger partial charge in [-0.25, -0.2) is 9.78 Å². The first-order valence-corrected chi connectivity index (χ1v) is 14.9. The number of fused-ring (bicyclic) bond motifs is 1. The van der Waals surface area contributed by atoms with Crippen LogP contribution in [0.2, 0.25) is 0 Å². The summed E-state index contributed by atoms with van der Waals surface area (Å²) in [7, 11) is 1.57. The number of hydrogen-bond donors (Lipinski definition) is 3. The van der Waals surface area contributed by atoms with Gasteiger partial charge in [0.25, 0.3) is 11.6 Å². The third kappa shape index (κ3) is 8.06. The molecule has 0 radical (unpaired) electrons. The Morgan fingerprint density at radius 2 is 1.75 bits per heavy atom. The molecular formula is C34H36F3N5O6. The van der Waals surface area contributed by atoms with E-state index in [1.54, 1.807) is 64.2 Å². The number of nitrogen functional groups attached to an aromatic ring is 1. The number of aromatic nitrogens is 1. The molecule has 11 nitrogen and oxygen atoms in total. The average molecular weight is 668 g/mol. The molecule has 48 heavy (non-hydrogen) atoms. The Morgan fingerprint density at radius 1 is 1.00 bits per heavy atom. The van der Waals surface area contributed by atoms with E-state index in [4.69, 9.17) is 19.9 Å². The third-order valence-corrected chi connectivity index (χ3v) is 7.15. The maximum absolute atomic E-state index is 14.3. The van der Waals surface area contributed by atoms with Crippen LogP contribution in [-0.4, -0.2) is 48.7 Å². The molecule has 3 aromatic carbocycles. The van der Waals surface area contributed by atoms with Crippen molar-refractivity contribution in [3.8, 4) is 11.5 Å². The number of benzene rings is 3. The number of nitrogens with one attached hydrogen (secondary N) is 2. The highest BCUT2D eigenvalue weighted by atomic mass is 19.4. The van der Waals surface area contributed by atoms with Crippen LogP contribution < -0.4 is 30.7 Å². The van der Waals surface area contributed by atoms with Crippen LogP contribution in [0.15, 0.2) is 72.9 Å². The molecule has 0 saturated heterocycles. The van der Waals surface area contributed by atoms with E-state index in [1.807, 2.05) is 0 Å². The summed E-state index contributed by atoms with van der Waals surface area (Å²) >= 11 is 0. The van der Waals surface area contributed by atoms with Gasteiger partial charge in [-0.2, -0.15) is 13.2 Å². The fraction of sp³-hybridized carbons (Fsp3) is 0.294. The van der Waals surface area contributed by atoms with E-state index in [1.165, 1.54) is 48.4 Å². The summed E-state index contributed by atoms with van der Waals surface area (Å²) < 4.78 is 58.3. The minimum absolute atomic E-state index is 0.100. The lowest BCUT2D eigenvalue weighted by molar-refractivity contribution is -0.213. The summed E-state index contributed by atoms with van der Waals surface area (Å²) in [5, 5.41) is 6.47. The molecule has 0 aliphatic carbocycles. The predicted molar refractivity (Wildman–Crippen MR) is 174 cm³/mol. The molecule has 1 aromatic heterocycles. The van der Waals surface area contributed by atoms with Gasteiger partial charge in [0.2, 0.25) is 5.91 Å². The van der Waals surface area contributed by atoms with Crippen molar-refractivity contribution in [1.82, 2.24) is 10.3 Å². The van der Waals surface area contributed by atoms with Crippen LogP contribution in [0.4, 0.5) is 30.4 Å². The Labute approximate surface area is 275 Å². The van der Waals surface area contributed by atoms with Gasteiger partial charge in [0.1, 0.15) is 5.82 Å². The zero-order valence-corrected chi connectivity index (χ0v) is 27.0. The Kier molecular flexibility index (Phi) is 10.7. The van der Waals surface area contributed by atoms with E-state index < -0.39 is 23.8 Å². The Bertz CT molecular complexity index is 1820. The van der Waals surface area contributed by atoms with Crippen LogP contribution in [0.5, 0.6) is 11.5 Å². The van der Waals surface area contributed by atoms with Crippen molar-refractivity contribution >= 4 is 45.7 Å². The van der Waals surface area contributed by atoms with Crippen molar-refractivity contribution in [2.24, 2.45) is 0 Å². The highest BCUT2D eigenvalue weighted by molar-refractivity contribution is 5.96.